The summed E-state index contributed by atoms with van der Waals surface area (Å²) in [6, 6.07) is 22.2. The Morgan fingerprint density at radius 1 is 1.00 bits per heavy atom. The minimum atomic E-state index is -1.00. The SMILES string of the molecule is Cn1cnc2ccc(-c3ccc(CC4(C(=O)Nc5cccc(/C=C/C(=O)O)c5)CCCCC4)cc3)cc21. The standard InChI is InChI=1S/C31H31N3O3/c1-34-21-32-27-14-13-25(19-28(27)34)24-11-8-23(9-12-24)20-31(16-3-2-4-17-31)30(37)33-26-7-5-6-22(18-26)10-15-29(35)36/h5-15,18-19,21H,2-4,16-17,20H2,1H3,(H,33,37)(H,35,36)/b15-10+. The van der Waals surface area contributed by atoms with Crippen LogP contribution >= 0.6 is 0 Å². The van der Waals surface area contributed by atoms with E-state index >= 15 is 0 Å². The number of rotatable bonds is 7. The molecular weight excluding hydrogens is 462 g/mol. The van der Waals surface area contributed by atoms with Crippen LogP contribution in [0, 0.1) is 5.41 Å². The summed E-state index contributed by atoms with van der Waals surface area (Å²) in [5.74, 6) is -0.962. The molecule has 188 valence electrons. The molecule has 0 spiro atoms. The van der Waals surface area contributed by atoms with Gasteiger partial charge in [-0.05, 0) is 71.9 Å². The monoisotopic (exact) mass is 493 g/mol. The molecule has 6 heteroatoms. The molecule has 1 aromatic heterocycles. The van der Waals surface area contributed by atoms with E-state index in [2.05, 4.69) is 46.7 Å². The van der Waals surface area contributed by atoms with Crippen LogP contribution in [-0.2, 0) is 23.1 Å². The molecule has 0 unspecified atom stereocenters. The van der Waals surface area contributed by atoms with Crippen molar-refractivity contribution in [2.75, 3.05) is 5.32 Å². The lowest BCUT2D eigenvalue weighted by Crippen LogP contribution is -2.40. The van der Waals surface area contributed by atoms with Gasteiger partial charge in [-0.1, -0.05) is 61.7 Å². The summed E-state index contributed by atoms with van der Waals surface area (Å²) >= 11 is 0. The van der Waals surface area contributed by atoms with Crippen LogP contribution in [0.5, 0.6) is 0 Å². The van der Waals surface area contributed by atoms with E-state index in [4.69, 9.17) is 5.11 Å². The van der Waals surface area contributed by atoms with Crippen LogP contribution in [0.25, 0.3) is 28.2 Å². The second-order valence-corrected chi connectivity index (χ2v) is 10.0. The molecule has 1 saturated carbocycles. The van der Waals surface area contributed by atoms with E-state index in [-0.39, 0.29) is 5.91 Å². The van der Waals surface area contributed by atoms with Gasteiger partial charge in [0.2, 0.25) is 5.91 Å². The third kappa shape index (κ3) is 5.48. The normalized spacial score (nSPS) is 15.2. The van der Waals surface area contributed by atoms with E-state index in [9.17, 15) is 9.59 Å². The third-order valence-electron chi connectivity index (χ3n) is 7.41. The fraction of sp³-hybridized carbons (Fsp3) is 0.258. The number of nitrogens with one attached hydrogen (secondary N) is 1. The Bertz CT molecular complexity index is 1460. The number of carboxylic acids is 1. The van der Waals surface area contributed by atoms with E-state index in [1.54, 1.807) is 0 Å². The van der Waals surface area contributed by atoms with Crippen molar-refractivity contribution in [2.45, 2.75) is 38.5 Å². The van der Waals surface area contributed by atoms with Gasteiger partial charge in [-0.3, -0.25) is 4.79 Å². The molecule has 0 saturated heterocycles. The number of imidazole rings is 1. The van der Waals surface area contributed by atoms with Crippen molar-refractivity contribution in [2.24, 2.45) is 12.5 Å². The van der Waals surface area contributed by atoms with Crippen molar-refractivity contribution in [3.05, 3.63) is 90.3 Å². The van der Waals surface area contributed by atoms with Gasteiger partial charge < -0.3 is 15.0 Å². The van der Waals surface area contributed by atoms with Gasteiger partial charge in [0.25, 0.3) is 0 Å². The molecule has 0 atom stereocenters. The number of aromatic nitrogens is 2. The number of fused-ring (bicyclic) bond motifs is 1. The third-order valence-corrected chi connectivity index (χ3v) is 7.41. The average molecular weight is 494 g/mol. The molecule has 0 bridgehead atoms. The largest absolute Gasteiger partial charge is 0.478 e. The van der Waals surface area contributed by atoms with Crippen LogP contribution in [0.3, 0.4) is 0 Å². The Balaban J connectivity index is 1.35. The Kier molecular flexibility index (Phi) is 6.91. The van der Waals surface area contributed by atoms with Gasteiger partial charge >= 0.3 is 5.97 Å². The molecule has 1 aliphatic rings. The highest BCUT2D eigenvalue weighted by molar-refractivity contribution is 5.96. The highest BCUT2D eigenvalue weighted by atomic mass is 16.4. The predicted molar refractivity (Wildman–Crippen MR) is 147 cm³/mol. The molecule has 37 heavy (non-hydrogen) atoms. The fourth-order valence-corrected chi connectivity index (χ4v) is 5.38. The topological polar surface area (TPSA) is 84.2 Å². The maximum atomic E-state index is 13.7. The van der Waals surface area contributed by atoms with Crippen molar-refractivity contribution >= 4 is 34.7 Å². The van der Waals surface area contributed by atoms with Crippen LogP contribution in [0.4, 0.5) is 5.69 Å². The smallest absolute Gasteiger partial charge is 0.328 e. The number of aryl methyl sites for hydroxylation is 1. The van der Waals surface area contributed by atoms with Gasteiger partial charge in [0.15, 0.2) is 0 Å². The van der Waals surface area contributed by atoms with Crippen molar-refractivity contribution < 1.29 is 14.7 Å². The first-order valence-electron chi connectivity index (χ1n) is 12.7. The van der Waals surface area contributed by atoms with E-state index < -0.39 is 11.4 Å². The van der Waals surface area contributed by atoms with E-state index in [0.717, 1.165) is 71.5 Å². The van der Waals surface area contributed by atoms with Crippen LogP contribution in [0.15, 0.2) is 79.1 Å². The van der Waals surface area contributed by atoms with Crippen LogP contribution < -0.4 is 5.32 Å². The summed E-state index contributed by atoms with van der Waals surface area (Å²) < 4.78 is 2.02. The van der Waals surface area contributed by atoms with E-state index in [1.807, 2.05) is 48.3 Å². The number of carboxylic acid groups (broad SMARTS) is 1. The van der Waals surface area contributed by atoms with Gasteiger partial charge in [-0.15, -0.1) is 0 Å². The molecule has 1 heterocycles. The minimum Gasteiger partial charge on any atom is -0.478 e. The van der Waals surface area contributed by atoms with Crippen LogP contribution in [0.1, 0.15) is 43.2 Å². The van der Waals surface area contributed by atoms with Gasteiger partial charge in [-0.2, -0.15) is 0 Å². The van der Waals surface area contributed by atoms with Gasteiger partial charge in [0.05, 0.1) is 22.8 Å². The van der Waals surface area contributed by atoms with E-state index in [1.165, 1.54) is 6.08 Å². The second-order valence-electron chi connectivity index (χ2n) is 10.0. The zero-order valence-corrected chi connectivity index (χ0v) is 21.0. The number of carbonyl (C=O) groups is 2. The minimum absolute atomic E-state index is 0.0392. The summed E-state index contributed by atoms with van der Waals surface area (Å²) in [5, 5.41) is 12.0. The summed E-state index contributed by atoms with van der Waals surface area (Å²) in [6.45, 7) is 0. The summed E-state index contributed by atoms with van der Waals surface area (Å²) in [5.41, 5.74) is 6.48. The number of anilines is 1. The number of aliphatic carboxylic acids is 1. The molecule has 1 amide bonds. The summed E-state index contributed by atoms with van der Waals surface area (Å²) in [7, 11) is 2.00. The molecule has 1 fully saturated rings. The van der Waals surface area contributed by atoms with Crippen molar-refractivity contribution in [1.82, 2.24) is 9.55 Å². The lowest BCUT2D eigenvalue weighted by atomic mass is 9.69. The number of carbonyl (C=O) groups excluding carboxylic acids is 1. The lowest BCUT2D eigenvalue weighted by Gasteiger charge is -2.36. The highest BCUT2D eigenvalue weighted by Crippen LogP contribution is 2.41. The molecule has 0 aliphatic heterocycles. The Morgan fingerprint density at radius 3 is 2.51 bits per heavy atom. The molecule has 1 aliphatic carbocycles. The predicted octanol–water partition coefficient (Wildman–Crippen LogP) is 6.47. The number of benzene rings is 3. The quantitative estimate of drug-likeness (QED) is 0.289. The van der Waals surface area contributed by atoms with Crippen LogP contribution in [0.2, 0.25) is 0 Å². The van der Waals surface area contributed by atoms with Crippen molar-refractivity contribution in [3.63, 3.8) is 0 Å². The van der Waals surface area contributed by atoms with Crippen molar-refractivity contribution in [1.29, 1.82) is 0 Å². The van der Waals surface area contributed by atoms with Crippen molar-refractivity contribution in [3.8, 4) is 11.1 Å². The maximum Gasteiger partial charge on any atom is 0.328 e. The lowest BCUT2D eigenvalue weighted by molar-refractivity contribution is -0.131. The molecule has 2 N–H and O–H groups in total. The number of amides is 1. The Morgan fingerprint density at radius 2 is 1.76 bits per heavy atom. The molecule has 4 aromatic rings. The zero-order valence-electron chi connectivity index (χ0n) is 21.0. The van der Waals surface area contributed by atoms with Crippen LogP contribution in [-0.4, -0.2) is 26.5 Å². The molecule has 5 rings (SSSR count). The highest BCUT2D eigenvalue weighted by Gasteiger charge is 2.39. The fourth-order valence-electron chi connectivity index (χ4n) is 5.38. The first-order valence-corrected chi connectivity index (χ1v) is 12.7. The molecule has 6 nitrogen and oxygen atoms in total. The molecule has 0 radical (unpaired) electrons. The van der Waals surface area contributed by atoms with Gasteiger partial charge in [-0.25, -0.2) is 9.78 Å². The second kappa shape index (κ2) is 10.4. The molecular formula is C31H31N3O3. The average Bonchev–Trinajstić information content (AvgIpc) is 3.28. The Labute approximate surface area is 216 Å². The maximum absolute atomic E-state index is 13.7. The zero-order chi connectivity index (χ0) is 25.8. The number of nitrogens with zero attached hydrogens (tertiary/aromatic N) is 2. The number of hydrogen-bond donors (Lipinski definition) is 2. The summed E-state index contributed by atoms with van der Waals surface area (Å²) in [4.78, 5) is 28.9. The van der Waals surface area contributed by atoms with E-state index in [0.29, 0.717) is 12.1 Å². The Hall–Kier alpha value is -4.19. The van der Waals surface area contributed by atoms with Gasteiger partial charge in [0.1, 0.15) is 0 Å². The van der Waals surface area contributed by atoms with Gasteiger partial charge in [0, 0.05) is 18.8 Å². The number of hydrogen-bond acceptors (Lipinski definition) is 3. The first kappa shape index (κ1) is 24.5. The summed E-state index contributed by atoms with van der Waals surface area (Å²) in [6.07, 6.45) is 10.1. The molecule has 3 aromatic carbocycles. The first-order chi connectivity index (χ1) is 17.9.